The maximum atomic E-state index is 13.9. The Morgan fingerprint density at radius 1 is 1.27 bits per heavy atom. The standard InChI is InChI=1S/C28H36N5O9PS/c1-5-27(2,3)25(35)44-12-11-38-43(37,31-14-17-9-7-6-8-10-17)39-15-19-22-28(4,42-26(36)41-22)24(40-19)33-16-30-21-18(34)13-20(29)32-23(21)33/h6-10,16,19,22,24H,5,11-15H2,1-4H3,(H2,29,32)(H,31,37)/t19-,22+,24-,28?,43?/m1/s1. The maximum Gasteiger partial charge on any atom is 0.509 e. The first-order valence-electron chi connectivity index (χ1n) is 14.2. The molecule has 2 fully saturated rings. The van der Waals surface area contributed by atoms with Crippen LogP contribution in [0.3, 0.4) is 0 Å². The van der Waals surface area contributed by atoms with Crippen LogP contribution in [0.5, 0.6) is 0 Å². The van der Waals surface area contributed by atoms with Crippen molar-refractivity contribution in [3.8, 4) is 0 Å². The average Bonchev–Trinajstić information content (AvgIpc) is 3.62. The number of carbonyl (C=O) groups excluding carboxylic acids is 3. The van der Waals surface area contributed by atoms with Crippen molar-refractivity contribution in [1.82, 2.24) is 14.6 Å². The Morgan fingerprint density at radius 2 is 2.02 bits per heavy atom. The number of hydrogen-bond donors (Lipinski definition) is 2. The third-order valence-electron chi connectivity index (χ3n) is 7.84. The first-order chi connectivity index (χ1) is 20.8. The number of nitrogens with two attached hydrogens (primary N) is 1. The zero-order chi connectivity index (χ0) is 31.7. The second-order valence-corrected chi connectivity index (χ2v) is 14.3. The summed E-state index contributed by atoms with van der Waals surface area (Å²) in [4.78, 5) is 45.8. The number of benzene rings is 1. The number of rotatable bonds is 13. The van der Waals surface area contributed by atoms with E-state index in [4.69, 9.17) is 29.0 Å². The fourth-order valence-electron chi connectivity index (χ4n) is 4.93. The number of ether oxygens (including phenoxy) is 3. The Hall–Kier alpha value is -3.07. The summed E-state index contributed by atoms with van der Waals surface area (Å²) in [6, 6.07) is 9.28. The lowest BCUT2D eigenvalue weighted by atomic mass is 9.92. The smallest absolute Gasteiger partial charge is 0.424 e. The molecule has 0 saturated carbocycles. The van der Waals surface area contributed by atoms with E-state index in [-0.39, 0.29) is 60.2 Å². The second kappa shape index (κ2) is 12.7. The molecule has 2 aromatic rings. The minimum Gasteiger partial charge on any atom is -0.424 e. The molecule has 1 aromatic carbocycles. The van der Waals surface area contributed by atoms with Crippen LogP contribution >= 0.6 is 19.5 Å². The van der Waals surface area contributed by atoms with E-state index < -0.39 is 43.4 Å². The van der Waals surface area contributed by atoms with Gasteiger partial charge < -0.3 is 19.9 Å². The summed E-state index contributed by atoms with van der Waals surface area (Å²) in [6.07, 6.45) is -1.86. The molecule has 16 heteroatoms. The Bertz CT molecular complexity index is 1500. The minimum atomic E-state index is -3.97. The minimum absolute atomic E-state index is 0.0128. The Morgan fingerprint density at radius 3 is 2.75 bits per heavy atom. The van der Waals surface area contributed by atoms with Crippen LogP contribution in [0.15, 0.2) is 41.7 Å². The number of aliphatic imine (C=N–C) groups is 1. The highest BCUT2D eigenvalue weighted by Crippen LogP contribution is 2.51. The highest BCUT2D eigenvalue weighted by Gasteiger charge is 2.64. The van der Waals surface area contributed by atoms with Crippen LogP contribution in [-0.2, 0) is 39.2 Å². The van der Waals surface area contributed by atoms with Crippen LogP contribution in [0, 0.1) is 5.41 Å². The summed E-state index contributed by atoms with van der Waals surface area (Å²) in [5.41, 5.74) is 4.97. The Balaban J connectivity index is 1.31. The van der Waals surface area contributed by atoms with Gasteiger partial charge in [-0.3, -0.25) is 23.2 Å². The lowest BCUT2D eigenvalue weighted by molar-refractivity contribution is -0.118. The molecular formula is C28H36N5O9PS. The van der Waals surface area contributed by atoms with Crippen molar-refractivity contribution in [2.45, 2.75) is 71.1 Å². The number of thioether (sulfide) groups is 1. The fraction of sp³-hybridized carbons (Fsp3) is 0.536. The molecule has 5 atom stereocenters. The van der Waals surface area contributed by atoms with Crippen LogP contribution in [0.25, 0.3) is 0 Å². The number of fused-ring (bicyclic) bond motifs is 2. The number of ketones is 1. The topological polar surface area (TPSA) is 183 Å². The van der Waals surface area contributed by atoms with E-state index in [9.17, 15) is 18.9 Å². The highest BCUT2D eigenvalue weighted by molar-refractivity contribution is 8.13. The summed E-state index contributed by atoms with van der Waals surface area (Å²) in [5, 5.41) is 2.88. The molecule has 0 spiro atoms. The van der Waals surface area contributed by atoms with Gasteiger partial charge in [0.1, 0.15) is 11.9 Å². The molecule has 5 rings (SSSR count). The van der Waals surface area contributed by atoms with E-state index in [1.165, 1.54) is 10.9 Å². The molecule has 0 amide bonds. The molecule has 0 radical (unpaired) electrons. The number of aromatic nitrogens is 2. The van der Waals surface area contributed by atoms with Gasteiger partial charge in [-0.2, -0.15) is 0 Å². The molecule has 4 heterocycles. The molecule has 3 aliphatic heterocycles. The molecule has 1 aromatic heterocycles. The van der Waals surface area contributed by atoms with Crippen molar-refractivity contribution in [3.05, 3.63) is 47.9 Å². The Kier molecular flexibility index (Phi) is 9.36. The lowest BCUT2D eigenvalue weighted by Crippen LogP contribution is -2.42. The molecule has 2 saturated heterocycles. The maximum absolute atomic E-state index is 13.9. The summed E-state index contributed by atoms with van der Waals surface area (Å²) in [6.45, 7) is 7.14. The van der Waals surface area contributed by atoms with Crippen molar-refractivity contribution in [3.63, 3.8) is 0 Å². The first-order valence-corrected chi connectivity index (χ1v) is 16.7. The van der Waals surface area contributed by atoms with Crippen LogP contribution in [-0.4, -0.2) is 69.2 Å². The van der Waals surface area contributed by atoms with Gasteiger partial charge in [-0.15, -0.1) is 0 Å². The van der Waals surface area contributed by atoms with E-state index in [2.05, 4.69) is 15.1 Å². The quantitative estimate of drug-likeness (QED) is 0.178. The van der Waals surface area contributed by atoms with Gasteiger partial charge >= 0.3 is 13.9 Å². The molecule has 44 heavy (non-hydrogen) atoms. The first kappa shape index (κ1) is 32.3. The van der Waals surface area contributed by atoms with E-state index in [0.29, 0.717) is 6.42 Å². The summed E-state index contributed by atoms with van der Waals surface area (Å²) in [7, 11) is -3.97. The van der Waals surface area contributed by atoms with Crippen molar-refractivity contribution in [2.24, 2.45) is 16.1 Å². The predicted octanol–water partition coefficient (Wildman–Crippen LogP) is 4.28. The average molecular weight is 650 g/mol. The van der Waals surface area contributed by atoms with Crippen molar-refractivity contribution in [1.29, 1.82) is 0 Å². The van der Waals surface area contributed by atoms with Gasteiger partial charge in [0.2, 0.25) is 0 Å². The van der Waals surface area contributed by atoms with E-state index >= 15 is 0 Å². The van der Waals surface area contributed by atoms with E-state index in [0.717, 1.165) is 17.3 Å². The van der Waals surface area contributed by atoms with Crippen LogP contribution in [0.4, 0.5) is 10.6 Å². The molecule has 14 nitrogen and oxygen atoms in total. The number of amidine groups is 1. The summed E-state index contributed by atoms with van der Waals surface area (Å²) >= 11 is 1.11. The molecule has 0 bridgehead atoms. The number of Topliss-reactive ketones (excluding diaryl/α,β-unsaturated/α-hetero) is 1. The zero-order valence-corrected chi connectivity index (χ0v) is 26.6. The molecule has 3 N–H and O–H groups in total. The molecule has 3 aliphatic rings. The van der Waals surface area contributed by atoms with Crippen molar-refractivity contribution >= 4 is 48.2 Å². The SMILES string of the molecule is CCC(C)(C)C(=O)SCCOP(=O)(NCc1ccccc1)OC[C@H]1O[C@@H](n2cnc3c2N=C(N)CC3=O)C2(C)OC(=O)O[C@@H]12. The number of carbonyl (C=O) groups is 3. The fourth-order valence-corrected chi connectivity index (χ4v) is 7.25. The van der Waals surface area contributed by atoms with Crippen molar-refractivity contribution < 1.29 is 42.2 Å². The van der Waals surface area contributed by atoms with Crippen LogP contribution < -0.4 is 10.8 Å². The van der Waals surface area contributed by atoms with Gasteiger partial charge in [-0.1, -0.05) is 62.9 Å². The number of nitrogens with zero attached hydrogens (tertiary/aromatic N) is 3. The van der Waals surface area contributed by atoms with Gasteiger partial charge in [0.05, 0.1) is 26.0 Å². The summed E-state index contributed by atoms with van der Waals surface area (Å²) < 4.78 is 44.2. The normalized spacial score (nSPS) is 25.9. The second-order valence-electron chi connectivity index (χ2n) is 11.4. The monoisotopic (exact) mass is 649 g/mol. The third-order valence-corrected chi connectivity index (χ3v) is 10.6. The van der Waals surface area contributed by atoms with Gasteiger partial charge in [0, 0.05) is 17.7 Å². The van der Waals surface area contributed by atoms with E-state index in [1.807, 2.05) is 51.1 Å². The number of imidazole rings is 1. The summed E-state index contributed by atoms with van der Waals surface area (Å²) in [5.74, 6) is 0.255. The molecule has 238 valence electrons. The third kappa shape index (κ3) is 6.63. The predicted molar refractivity (Wildman–Crippen MR) is 160 cm³/mol. The van der Waals surface area contributed by atoms with Gasteiger partial charge in [-0.05, 0) is 18.9 Å². The van der Waals surface area contributed by atoms with Gasteiger partial charge in [0.25, 0.3) is 0 Å². The van der Waals surface area contributed by atoms with Gasteiger partial charge in [-0.25, -0.2) is 24.4 Å². The highest BCUT2D eigenvalue weighted by atomic mass is 32.2. The number of nitrogens with one attached hydrogen (secondary N) is 1. The molecule has 2 unspecified atom stereocenters. The van der Waals surface area contributed by atoms with Crippen LogP contribution in [0.2, 0.25) is 0 Å². The van der Waals surface area contributed by atoms with Crippen LogP contribution in [0.1, 0.15) is 62.8 Å². The van der Waals surface area contributed by atoms with Crippen molar-refractivity contribution in [2.75, 3.05) is 19.0 Å². The van der Waals surface area contributed by atoms with E-state index in [1.54, 1.807) is 6.92 Å². The zero-order valence-electron chi connectivity index (χ0n) is 24.9. The Labute approximate surface area is 259 Å². The number of hydrogen-bond acceptors (Lipinski definition) is 13. The largest absolute Gasteiger partial charge is 0.509 e. The molecule has 0 aliphatic carbocycles. The van der Waals surface area contributed by atoms with Gasteiger partial charge in [0.15, 0.2) is 40.3 Å². The lowest BCUT2D eigenvalue weighted by Gasteiger charge is -2.27. The molecular weight excluding hydrogens is 613 g/mol.